The number of benzene rings is 3. The zero-order valence-electron chi connectivity index (χ0n) is 20.5. The van der Waals surface area contributed by atoms with Crippen LogP contribution in [0.5, 0.6) is 0 Å². The highest BCUT2D eigenvalue weighted by molar-refractivity contribution is 14.1. The molecule has 3 aromatic rings. The molecular formula is C27H30IN3O4S. The molecule has 0 fully saturated rings. The summed E-state index contributed by atoms with van der Waals surface area (Å²) in [5, 5.41) is 2.76. The number of aryl methyl sites for hydroxylation is 1. The molecule has 1 atom stereocenters. The number of nitrogens with one attached hydrogen (secondary N) is 1. The van der Waals surface area contributed by atoms with Crippen LogP contribution in [0.1, 0.15) is 25.0 Å². The fourth-order valence-corrected chi connectivity index (χ4v) is 5.45. The average molecular weight is 620 g/mol. The van der Waals surface area contributed by atoms with Gasteiger partial charge in [0, 0.05) is 16.7 Å². The molecule has 0 aromatic heterocycles. The summed E-state index contributed by atoms with van der Waals surface area (Å²) in [7, 11) is -4.05. The molecule has 0 unspecified atom stereocenters. The van der Waals surface area contributed by atoms with Gasteiger partial charge >= 0.3 is 0 Å². The Balaban J connectivity index is 2.00. The second kappa shape index (κ2) is 12.4. The van der Waals surface area contributed by atoms with Gasteiger partial charge in [-0.1, -0.05) is 48.0 Å². The van der Waals surface area contributed by atoms with Gasteiger partial charge in [0.05, 0.1) is 10.6 Å². The third-order valence-electron chi connectivity index (χ3n) is 5.72. The zero-order valence-corrected chi connectivity index (χ0v) is 23.5. The largest absolute Gasteiger partial charge is 0.355 e. The van der Waals surface area contributed by atoms with Crippen LogP contribution in [0.3, 0.4) is 0 Å². The van der Waals surface area contributed by atoms with Crippen molar-refractivity contribution in [2.24, 2.45) is 0 Å². The molecule has 1 N–H and O–H groups in total. The van der Waals surface area contributed by atoms with Crippen LogP contribution in [-0.4, -0.2) is 44.3 Å². The predicted molar refractivity (Wildman–Crippen MR) is 150 cm³/mol. The molecule has 0 bridgehead atoms. The van der Waals surface area contributed by atoms with Crippen LogP contribution in [0.4, 0.5) is 5.69 Å². The second-order valence-electron chi connectivity index (χ2n) is 8.38. The van der Waals surface area contributed by atoms with E-state index in [1.807, 2.05) is 38.1 Å². The third kappa shape index (κ3) is 6.85. The SMILES string of the molecule is CCNC(=O)[C@H](C)N(Cc1ccc(C)cc1)C(=O)CN(c1ccc(I)cc1)S(=O)(=O)c1ccccc1. The van der Waals surface area contributed by atoms with Gasteiger partial charge in [0.1, 0.15) is 12.6 Å². The van der Waals surface area contributed by atoms with E-state index in [9.17, 15) is 18.0 Å². The van der Waals surface area contributed by atoms with Crippen molar-refractivity contribution >= 4 is 50.1 Å². The quantitative estimate of drug-likeness (QED) is 0.342. The molecule has 36 heavy (non-hydrogen) atoms. The molecule has 190 valence electrons. The molecule has 0 spiro atoms. The van der Waals surface area contributed by atoms with Gasteiger partial charge in [-0.05, 0) is 85.3 Å². The van der Waals surface area contributed by atoms with Gasteiger partial charge in [-0.25, -0.2) is 8.42 Å². The Kier molecular flexibility index (Phi) is 9.49. The Bertz CT molecular complexity index is 1280. The fourth-order valence-electron chi connectivity index (χ4n) is 3.65. The maximum Gasteiger partial charge on any atom is 0.264 e. The first kappa shape index (κ1) is 27.7. The van der Waals surface area contributed by atoms with Crippen LogP contribution in [0.2, 0.25) is 0 Å². The van der Waals surface area contributed by atoms with E-state index in [1.165, 1.54) is 17.0 Å². The topological polar surface area (TPSA) is 86.8 Å². The van der Waals surface area contributed by atoms with Gasteiger partial charge < -0.3 is 10.2 Å². The first-order chi connectivity index (χ1) is 17.1. The van der Waals surface area contributed by atoms with E-state index in [2.05, 4.69) is 27.9 Å². The first-order valence-electron chi connectivity index (χ1n) is 11.6. The number of carbonyl (C=O) groups excluding carboxylic acids is 2. The van der Waals surface area contributed by atoms with Gasteiger partial charge in [-0.15, -0.1) is 0 Å². The van der Waals surface area contributed by atoms with Crippen molar-refractivity contribution in [1.29, 1.82) is 0 Å². The summed E-state index contributed by atoms with van der Waals surface area (Å²) in [6.45, 7) is 5.57. The average Bonchev–Trinajstić information content (AvgIpc) is 2.87. The summed E-state index contributed by atoms with van der Waals surface area (Å²) in [5.41, 5.74) is 2.29. The van der Waals surface area contributed by atoms with Crippen LogP contribution in [-0.2, 0) is 26.2 Å². The summed E-state index contributed by atoms with van der Waals surface area (Å²) in [4.78, 5) is 27.9. The van der Waals surface area contributed by atoms with Crippen LogP contribution in [0.15, 0.2) is 83.8 Å². The molecule has 0 heterocycles. The van der Waals surface area contributed by atoms with Crippen LogP contribution < -0.4 is 9.62 Å². The number of sulfonamides is 1. The molecule has 0 aliphatic carbocycles. The van der Waals surface area contributed by atoms with Crippen LogP contribution >= 0.6 is 22.6 Å². The second-order valence-corrected chi connectivity index (χ2v) is 11.5. The minimum Gasteiger partial charge on any atom is -0.355 e. The van der Waals surface area contributed by atoms with Crippen molar-refractivity contribution < 1.29 is 18.0 Å². The summed E-state index contributed by atoms with van der Waals surface area (Å²) in [6.07, 6.45) is 0. The Labute approximate surface area is 226 Å². The van der Waals surface area contributed by atoms with E-state index in [-0.39, 0.29) is 17.3 Å². The summed E-state index contributed by atoms with van der Waals surface area (Å²) < 4.78 is 29.3. The molecule has 0 aliphatic rings. The zero-order chi connectivity index (χ0) is 26.3. The smallest absolute Gasteiger partial charge is 0.264 e. The lowest BCUT2D eigenvalue weighted by Gasteiger charge is -2.32. The maximum absolute atomic E-state index is 13.7. The normalized spacial score (nSPS) is 12.0. The molecule has 3 aromatic carbocycles. The third-order valence-corrected chi connectivity index (χ3v) is 8.22. The van der Waals surface area contributed by atoms with E-state index in [0.29, 0.717) is 12.2 Å². The lowest BCUT2D eigenvalue weighted by Crippen LogP contribution is -2.51. The molecule has 0 saturated carbocycles. The van der Waals surface area contributed by atoms with Crippen molar-refractivity contribution in [1.82, 2.24) is 10.2 Å². The number of carbonyl (C=O) groups is 2. The van der Waals surface area contributed by atoms with Gasteiger partial charge in [0.25, 0.3) is 10.0 Å². The number of hydrogen-bond acceptors (Lipinski definition) is 4. The molecule has 0 aliphatic heterocycles. The number of amides is 2. The Morgan fingerprint density at radius 1 is 0.944 bits per heavy atom. The first-order valence-corrected chi connectivity index (χ1v) is 14.1. The van der Waals surface area contributed by atoms with Gasteiger partial charge in [0.15, 0.2) is 0 Å². The minimum absolute atomic E-state index is 0.0817. The highest BCUT2D eigenvalue weighted by Gasteiger charge is 2.32. The fraction of sp³-hybridized carbons (Fsp3) is 0.259. The monoisotopic (exact) mass is 619 g/mol. The van der Waals surface area contributed by atoms with Crippen LogP contribution in [0, 0.1) is 10.5 Å². The molecule has 9 heteroatoms. The number of anilines is 1. The van der Waals surface area contributed by atoms with E-state index < -0.39 is 28.5 Å². The molecular weight excluding hydrogens is 589 g/mol. The van der Waals surface area contributed by atoms with Crippen molar-refractivity contribution in [3.05, 3.63) is 93.6 Å². The molecule has 0 saturated heterocycles. The Morgan fingerprint density at radius 3 is 2.14 bits per heavy atom. The standard InChI is InChI=1S/C27H30IN3O4S/c1-4-29-27(33)21(3)30(18-22-12-10-20(2)11-13-22)26(32)19-31(24-16-14-23(28)15-17-24)36(34,35)25-8-6-5-7-9-25/h5-17,21H,4,18-19H2,1-3H3,(H,29,33)/t21-/m0/s1. The van der Waals surface area contributed by atoms with Crippen molar-refractivity contribution in [2.75, 3.05) is 17.4 Å². The van der Waals surface area contributed by atoms with Gasteiger partial charge in [0.2, 0.25) is 11.8 Å². The lowest BCUT2D eigenvalue weighted by molar-refractivity contribution is -0.139. The number of nitrogens with zero attached hydrogens (tertiary/aromatic N) is 2. The highest BCUT2D eigenvalue weighted by atomic mass is 127. The minimum atomic E-state index is -4.05. The molecule has 0 radical (unpaired) electrons. The molecule has 2 amide bonds. The number of hydrogen-bond donors (Lipinski definition) is 1. The summed E-state index contributed by atoms with van der Waals surface area (Å²) in [5.74, 6) is -0.780. The highest BCUT2D eigenvalue weighted by Crippen LogP contribution is 2.25. The van der Waals surface area contributed by atoms with E-state index in [0.717, 1.165) is 19.0 Å². The van der Waals surface area contributed by atoms with Gasteiger partial charge in [-0.3, -0.25) is 13.9 Å². The maximum atomic E-state index is 13.7. The Hall–Kier alpha value is -2.92. The number of likely N-dealkylation sites (N-methyl/N-ethyl adjacent to an activating group) is 1. The molecule has 7 nitrogen and oxygen atoms in total. The van der Waals surface area contributed by atoms with Crippen LogP contribution in [0.25, 0.3) is 0 Å². The number of rotatable bonds is 10. The van der Waals surface area contributed by atoms with E-state index >= 15 is 0 Å². The van der Waals surface area contributed by atoms with Crippen molar-refractivity contribution in [3.8, 4) is 0 Å². The summed E-state index contributed by atoms with van der Waals surface area (Å²) >= 11 is 2.14. The van der Waals surface area contributed by atoms with E-state index in [4.69, 9.17) is 0 Å². The molecule has 3 rings (SSSR count). The predicted octanol–water partition coefficient (Wildman–Crippen LogP) is 4.35. The summed E-state index contributed by atoms with van der Waals surface area (Å²) in [6, 6.07) is 21.8. The lowest BCUT2D eigenvalue weighted by atomic mass is 10.1. The van der Waals surface area contributed by atoms with Crippen molar-refractivity contribution in [3.63, 3.8) is 0 Å². The van der Waals surface area contributed by atoms with E-state index in [1.54, 1.807) is 49.4 Å². The Morgan fingerprint density at radius 2 is 1.56 bits per heavy atom. The van der Waals surface area contributed by atoms with Crippen molar-refractivity contribution in [2.45, 2.75) is 38.3 Å². The van der Waals surface area contributed by atoms with Gasteiger partial charge in [-0.2, -0.15) is 0 Å². The number of halogens is 1.